The standard InChI is InChI=1S/C17H29N/c1-13-7-6-8-15(9-13)11-16(18)10-14(2)12-17(3,4)5/h6-9,14,16H,10-12,18H2,1-5H3. The van der Waals surface area contributed by atoms with Crippen molar-refractivity contribution in [1.29, 1.82) is 0 Å². The van der Waals surface area contributed by atoms with Crippen molar-refractivity contribution in [3.63, 3.8) is 0 Å². The van der Waals surface area contributed by atoms with Crippen LogP contribution in [0.3, 0.4) is 0 Å². The molecule has 1 nitrogen and oxygen atoms in total. The van der Waals surface area contributed by atoms with E-state index in [1.807, 2.05) is 0 Å². The number of nitrogens with two attached hydrogens (primary N) is 1. The third kappa shape index (κ3) is 6.20. The third-order valence-electron chi connectivity index (χ3n) is 3.25. The molecule has 1 rings (SSSR count). The van der Waals surface area contributed by atoms with Crippen LogP contribution in [-0.2, 0) is 6.42 Å². The summed E-state index contributed by atoms with van der Waals surface area (Å²) in [5, 5.41) is 0. The highest BCUT2D eigenvalue weighted by Crippen LogP contribution is 2.26. The van der Waals surface area contributed by atoms with Gasteiger partial charge in [0.15, 0.2) is 0 Å². The summed E-state index contributed by atoms with van der Waals surface area (Å²) in [5.41, 5.74) is 9.37. The topological polar surface area (TPSA) is 26.0 Å². The summed E-state index contributed by atoms with van der Waals surface area (Å²) in [6.07, 6.45) is 3.36. The second-order valence-electron chi connectivity index (χ2n) is 7.06. The van der Waals surface area contributed by atoms with E-state index >= 15 is 0 Å². The SMILES string of the molecule is Cc1cccc(CC(N)CC(C)CC(C)(C)C)c1. The molecule has 0 aliphatic carbocycles. The molecule has 0 heterocycles. The van der Waals surface area contributed by atoms with E-state index in [0.717, 1.165) is 12.8 Å². The smallest absolute Gasteiger partial charge is 0.00818 e. The van der Waals surface area contributed by atoms with Gasteiger partial charge in [-0.05, 0) is 43.1 Å². The molecule has 0 radical (unpaired) electrons. The van der Waals surface area contributed by atoms with Gasteiger partial charge in [0.25, 0.3) is 0 Å². The molecule has 0 saturated heterocycles. The molecule has 2 atom stereocenters. The van der Waals surface area contributed by atoms with Crippen LogP contribution in [0.15, 0.2) is 24.3 Å². The highest BCUT2D eigenvalue weighted by atomic mass is 14.6. The normalized spacial score (nSPS) is 15.4. The largest absolute Gasteiger partial charge is 0.327 e. The molecular formula is C17H29N. The molecule has 2 unspecified atom stereocenters. The van der Waals surface area contributed by atoms with E-state index < -0.39 is 0 Å². The number of rotatable bonds is 5. The lowest BCUT2D eigenvalue weighted by molar-refractivity contribution is 0.285. The molecule has 0 bridgehead atoms. The van der Waals surface area contributed by atoms with Crippen LogP contribution in [0.5, 0.6) is 0 Å². The Labute approximate surface area is 113 Å². The monoisotopic (exact) mass is 247 g/mol. The molecule has 0 saturated carbocycles. The minimum Gasteiger partial charge on any atom is -0.327 e. The van der Waals surface area contributed by atoms with E-state index in [0.29, 0.717) is 11.3 Å². The molecule has 0 amide bonds. The van der Waals surface area contributed by atoms with E-state index in [1.54, 1.807) is 0 Å². The Morgan fingerprint density at radius 3 is 2.44 bits per heavy atom. The molecule has 0 spiro atoms. The molecular weight excluding hydrogens is 218 g/mol. The maximum atomic E-state index is 6.28. The Balaban J connectivity index is 2.44. The van der Waals surface area contributed by atoms with Crippen molar-refractivity contribution in [1.82, 2.24) is 0 Å². The molecule has 1 aromatic carbocycles. The number of aryl methyl sites for hydroxylation is 1. The van der Waals surface area contributed by atoms with E-state index in [9.17, 15) is 0 Å². The summed E-state index contributed by atoms with van der Waals surface area (Å²) in [5.74, 6) is 0.699. The van der Waals surface area contributed by atoms with Crippen molar-refractivity contribution in [2.24, 2.45) is 17.1 Å². The van der Waals surface area contributed by atoms with Crippen LogP contribution in [0.25, 0.3) is 0 Å². The van der Waals surface area contributed by atoms with Gasteiger partial charge >= 0.3 is 0 Å². The fourth-order valence-electron chi connectivity index (χ4n) is 2.87. The molecule has 2 N–H and O–H groups in total. The lowest BCUT2D eigenvalue weighted by Gasteiger charge is -2.25. The molecule has 0 fully saturated rings. The zero-order valence-corrected chi connectivity index (χ0v) is 12.7. The number of benzene rings is 1. The summed E-state index contributed by atoms with van der Waals surface area (Å²) in [4.78, 5) is 0. The Hall–Kier alpha value is -0.820. The molecule has 0 aromatic heterocycles. The predicted octanol–water partition coefficient (Wildman–Crippen LogP) is 4.33. The van der Waals surface area contributed by atoms with Crippen molar-refractivity contribution < 1.29 is 0 Å². The molecule has 18 heavy (non-hydrogen) atoms. The second kappa shape index (κ2) is 6.38. The van der Waals surface area contributed by atoms with Gasteiger partial charge in [-0.2, -0.15) is 0 Å². The van der Waals surface area contributed by atoms with Gasteiger partial charge < -0.3 is 5.73 Å². The Kier molecular flexibility index (Phi) is 5.40. The molecule has 1 heteroatoms. The van der Waals surface area contributed by atoms with Gasteiger partial charge in [0.1, 0.15) is 0 Å². The number of hydrogen-bond donors (Lipinski definition) is 1. The zero-order valence-electron chi connectivity index (χ0n) is 12.7. The fraction of sp³-hybridized carbons (Fsp3) is 0.647. The lowest BCUT2D eigenvalue weighted by atomic mass is 9.82. The third-order valence-corrected chi connectivity index (χ3v) is 3.25. The van der Waals surface area contributed by atoms with Crippen LogP contribution in [0.2, 0.25) is 0 Å². The first kappa shape index (κ1) is 15.2. The van der Waals surface area contributed by atoms with Crippen LogP contribution in [0, 0.1) is 18.3 Å². The minimum absolute atomic E-state index is 0.282. The first-order valence-corrected chi connectivity index (χ1v) is 7.07. The quantitative estimate of drug-likeness (QED) is 0.823. The van der Waals surface area contributed by atoms with Crippen LogP contribution >= 0.6 is 0 Å². The van der Waals surface area contributed by atoms with Gasteiger partial charge in [-0.1, -0.05) is 57.5 Å². The maximum Gasteiger partial charge on any atom is 0.00818 e. The van der Waals surface area contributed by atoms with Crippen molar-refractivity contribution in [3.05, 3.63) is 35.4 Å². The van der Waals surface area contributed by atoms with Crippen molar-refractivity contribution >= 4 is 0 Å². The van der Waals surface area contributed by atoms with E-state index in [4.69, 9.17) is 5.73 Å². The summed E-state index contributed by atoms with van der Waals surface area (Å²) in [7, 11) is 0. The van der Waals surface area contributed by atoms with Crippen LogP contribution < -0.4 is 5.73 Å². The summed E-state index contributed by atoms with van der Waals surface area (Å²) in [6, 6.07) is 8.96. The average molecular weight is 247 g/mol. The van der Waals surface area contributed by atoms with E-state index in [1.165, 1.54) is 17.5 Å². The van der Waals surface area contributed by atoms with Crippen LogP contribution in [0.4, 0.5) is 0 Å². The first-order chi connectivity index (χ1) is 8.26. The zero-order chi connectivity index (χ0) is 13.8. The van der Waals surface area contributed by atoms with Gasteiger partial charge in [0.2, 0.25) is 0 Å². The van der Waals surface area contributed by atoms with Crippen LogP contribution in [0.1, 0.15) is 51.7 Å². The lowest BCUT2D eigenvalue weighted by Crippen LogP contribution is -2.26. The summed E-state index contributed by atoms with van der Waals surface area (Å²) < 4.78 is 0. The maximum absolute atomic E-state index is 6.28. The molecule has 0 aliphatic heterocycles. The van der Waals surface area contributed by atoms with Gasteiger partial charge in [0.05, 0.1) is 0 Å². The molecule has 1 aromatic rings. The predicted molar refractivity (Wildman–Crippen MR) is 80.7 cm³/mol. The van der Waals surface area contributed by atoms with Gasteiger partial charge in [-0.3, -0.25) is 0 Å². The highest BCUT2D eigenvalue weighted by Gasteiger charge is 2.17. The average Bonchev–Trinajstić information content (AvgIpc) is 2.13. The number of hydrogen-bond acceptors (Lipinski definition) is 1. The van der Waals surface area contributed by atoms with E-state index in [-0.39, 0.29) is 6.04 Å². The van der Waals surface area contributed by atoms with Gasteiger partial charge in [-0.15, -0.1) is 0 Å². The van der Waals surface area contributed by atoms with Crippen molar-refractivity contribution in [2.75, 3.05) is 0 Å². The van der Waals surface area contributed by atoms with Gasteiger partial charge in [-0.25, -0.2) is 0 Å². The molecule has 0 aliphatic rings. The first-order valence-electron chi connectivity index (χ1n) is 7.07. The van der Waals surface area contributed by atoms with E-state index in [2.05, 4.69) is 58.9 Å². The van der Waals surface area contributed by atoms with Gasteiger partial charge in [0, 0.05) is 6.04 Å². The van der Waals surface area contributed by atoms with Crippen molar-refractivity contribution in [3.8, 4) is 0 Å². The summed E-state index contributed by atoms with van der Waals surface area (Å²) >= 11 is 0. The Morgan fingerprint density at radius 1 is 1.22 bits per heavy atom. The second-order valence-corrected chi connectivity index (χ2v) is 7.06. The Bertz CT molecular complexity index is 362. The molecule has 102 valence electrons. The Morgan fingerprint density at radius 2 is 1.89 bits per heavy atom. The fourth-order valence-corrected chi connectivity index (χ4v) is 2.87. The van der Waals surface area contributed by atoms with Crippen LogP contribution in [-0.4, -0.2) is 6.04 Å². The van der Waals surface area contributed by atoms with Crippen molar-refractivity contribution in [2.45, 2.75) is 59.9 Å². The minimum atomic E-state index is 0.282. The highest BCUT2D eigenvalue weighted by molar-refractivity contribution is 5.22. The summed E-state index contributed by atoms with van der Waals surface area (Å²) in [6.45, 7) is 11.4.